The van der Waals surface area contributed by atoms with E-state index < -0.39 is 10.8 Å². The van der Waals surface area contributed by atoms with Crippen LogP contribution in [0.5, 0.6) is 0 Å². The fraction of sp³-hybridized carbons (Fsp3) is 0.0952. The standard InChI is InChI=1S/C21H20N4O3/c1-14(15-5-3-2-4-6-15)23-17-8-10-18(11-9-17)24-21(26)16-7-12-19(22)20(13-16)25(27)28/h2-14,23H,22H2,1H3,(H,24,26). The van der Waals surface area contributed by atoms with Crippen LogP contribution in [0.3, 0.4) is 0 Å². The van der Waals surface area contributed by atoms with Crippen LogP contribution in [0.25, 0.3) is 0 Å². The number of amides is 1. The molecule has 0 aliphatic rings. The molecule has 0 spiro atoms. The molecule has 7 heteroatoms. The molecule has 0 saturated heterocycles. The zero-order chi connectivity index (χ0) is 20.1. The number of nitrogens with zero attached hydrogens (tertiary/aromatic N) is 1. The van der Waals surface area contributed by atoms with Gasteiger partial charge in [-0.2, -0.15) is 0 Å². The third-order valence-corrected chi connectivity index (χ3v) is 4.31. The van der Waals surface area contributed by atoms with E-state index in [9.17, 15) is 14.9 Å². The van der Waals surface area contributed by atoms with E-state index in [2.05, 4.69) is 29.7 Å². The molecule has 1 amide bonds. The van der Waals surface area contributed by atoms with Crippen molar-refractivity contribution in [1.82, 2.24) is 0 Å². The number of hydrogen-bond acceptors (Lipinski definition) is 5. The lowest BCUT2D eigenvalue weighted by molar-refractivity contribution is -0.383. The molecule has 142 valence electrons. The van der Waals surface area contributed by atoms with Gasteiger partial charge in [0.25, 0.3) is 11.6 Å². The van der Waals surface area contributed by atoms with Crippen LogP contribution in [-0.2, 0) is 0 Å². The summed E-state index contributed by atoms with van der Waals surface area (Å²) in [6.45, 7) is 2.07. The van der Waals surface area contributed by atoms with Gasteiger partial charge in [0.2, 0.25) is 0 Å². The molecule has 0 aliphatic heterocycles. The quantitative estimate of drug-likeness (QED) is 0.331. The Morgan fingerprint density at radius 3 is 2.29 bits per heavy atom. The monoisotopic (exact) mass is 376 g/mol. The zero-order valence-corrected chi connectivity index (χ0v) is 15.3. The van der Waals surface area contributed by atoms with Gasteiger partial charge in [0.15, 0.2) is 0 Å². The van der Waals surface area contributed by atoms with Crippen molar-refractivity contribution >= 4 is 28.7 Å². The first-order valence-electron chi connectivity index (χ1n) is 8.71. The summed E-state index contributed by atoms with van der Waals surface area (Å²) in [6, 6.07) is 21.4. The minimum absolute atomic E-state index is 0.0181. The number of carbonyl (C=O) groups is 1. The van der Waals surface area contributed by atoms with Gasteiger partial charge in [-0.3, -0.25) is 14.9 Å². The SMILES string of the molecule is CC(Nc1ccc(NC(=O)c2ccc(N)c([N+](=O)[O-])c2)cc1)c1ccccc1. The molecule has 7 nitrogen and oxygen atoms in total. The number of benzene rings is 3. The van der Waals surface area contributed by atoms with Crippen molar-refractivity contribution in [3.63, 3.8) is 0 Å². The summed E-state index contributed by atoms with van der Waals surface area (Å²) < 4.78 is 0. The van der Waals surface area contributed by atoms with Crippen LogP contribution >= 0.6 is 0 Å². The third-order valence-electron chi connectivity index (χ3n) is 4.31. The number of nitrogen functional groups attached to an aromatic ring is 1. The maximum Gasteiger partial charge on any atom is 0.292 e. The summed E-state index contributed by atoms with van der Waals surface area (Å²) in [4.78, 5) is 22.7. The van der Waals surface area contributed by atoms with E-state index in [-0.39, 0.29) is 23.0 Å². The van der Waals surface area contributed by atoms with Gasteiger partial charge >= 0.3 is 0 Å². The van der Waals surface area contributed by atoms with Crippen molar-refractivity contribution < 1.29 is 9.72 Å². The molecule has 0 bridgehead atoms. The summed E-state index contributed by atoms with van der Waals surface area (Å²) >= 11 is 0. The molecule has 0 radical (unpaired) electrons. The highest BCUT2D eigenvalue weighted by Gasteiger charge is 2.16. The van der Waals surface area contributed by atoms with Crippen molar-refractivity contribution in [3.8, 4) is 0 Å². The second-order valence-electron chi connectivity index (χ2n) is 6.34. The Morgan fingerprint density at radius 2 is 1.64 bits per heavy atom. The van der Waals surface area contributed by atoms with Gasteiger partial charge < -0.3 is 16.4 Å². The number of nitro groups is 1. The van der Waals surface area contributed by atoms with E-state index in [1.54, 1.807) is 12.1 Å². The van der Waals surface area contributed by atoms with Crippen LogP contribution in [-0.4, -0.2) is 10.8 Å². The van der Waals surface area contributed by atoms with Crippen LogP contribution in [0, 0.1) is 10.1 Å². The van der Waals surface area contributed by atoms with Crippen molar-refractivity contribution in [3.05, 3.63) is 94.0 Å². The van der Waals surface area contributed by atoms with Gasteiger partial charge in [-0.25, -0.2) is 0 Å². The van der Waals surface area contributed by atoms with E-state index in [1.165, 1.54) is 23.8 Å². The molecule has 3 aromatic carbocycles. The number of nitro benzene ring substituents is 1. The maximum absolute atomic E-state index is 12.4. The lowest BCUT2D eigenvalue weighted by Crippen LogP contribution is -2.12. The highest BCUT2D eigenvalue weighted by molar-refractivity contribution is 6.05. The van der Waals surface area contributed by atoms with Gasteiger partial charge in [0.1, 0.15) is 5.69 Å². The highest BCUT2D eigenvalue weighted by atomic mass is 16.6. The van der Waals surface area contributed by atoms with Crippen LogP contribution in [0.15, 0.2) is 72.8 Å². The van der Waals surface area contributed by atoms with Crippen molar-refractivity contribution in [2.24, 2.45) is 0 Å². The average Bonchev–Trinajstić information content (AvgIpc) is 2.70. The Labute approximate surface area is 162 Å². The Kier molecular flexibility index (Phi) is 5.55. The summed E-state index contributed by atoms with van der Waals surface area (Å²) in [7, 11) is 0. The Balaban J connectivity index is 1.66. The van der Waals surface area contributed by atoms with Gasteiger partial charge in [-0.05, 0) is 48.9 Å². The number of nitrogens with one attached hydrogen (secondary N) is 2. The smallest absolute Gasteiger partial charge is 0.292 e. The first-order chi connectivity index (χ1) is 13.4. The Morgan fingerprint density at radius 1 is 1.00 bits per heavy atom. The molecule has 3 aromatic rings. The molecule has 28 heavy (non-hydrogen) atoms. The number of nitrogens with two attached hydrogens (primary N) is 1. The van der Waals surface area contributed by atoms with Crippen LogP contribution in [0.1, 0.15) is 28.9 Å². The van der Waals surface area contributed by atoms with E-state index >= 15 is 0 Å². The second-order valence-corrected chi connectivity index (χ2v) is 6.34. The topological polar surface area (TPSA) is 110 Å². The minimum atomic E-state index is -0.611. The van der Waals surface area contributed by atoms with Gasteiger partial charge in [-0.1, -0.05) is 30.3 Å². The highest BCUT2D eigenvalue weighted by Crippen LogP contribution is 2.24. The Bertz CT molecular complexity index is 988. The third kappa shape index (κ3) is 4.45. The summed E-state index contributed by atoms with van der Waals surface area (Å²) in [5.74, 6) is -0.443. The molecule has 4 N–H and O–H groups in total. The number of carbonyl (C=O) groups excluding carboxylic acids is 1. The predicted octanol–water partition coefficient (Wildman–Crippen LogP) is 4.60. The van der Waals surface area contributed by atoms with Crippen molar-refractivity contribution in [2.75, 3.05) is 16.4 Å². The molecule has 0 saturated carbocycles. The first-order valence-corrected chi connectivity index (χ1v) is 8.71. The summed E-state index contributed by atoms with van der Waals surface area (Å²) in [5, 5.41) is 17.1. The summed E-state index contributed by atoms with van der Waals surface area (Å²) in [6.07, 6.45) is 0. The number of anilines is 3. The maximum atomic E-state index is 12.4. The largest absolute Gasteiger partial charge is 0.393 e. The number of rotatable bonds is 6. The van der Waals surface area contributed by atoms with Gasteiger partial charge in [0, 0.05) is 29.0 Å². The van der Waals surface area contributed by atoms with Crippen molar-refractivity contribution in [1.29, 1.82) is 0 Å². The number of hydrogen-bond donors (Lipinski definition) is 3. The molecule has 0 fully saturated rings. The Hall–Kier alpha value is -3.87. The molecular formula is C21H20N4O3. The zero-order valence-electron chi connectivity index (χ0n) is 15.3. The average molecular weight is 376 g/mol. The van der Waals surface area contributed by atoms with Crippen LogP contribution < -0.4 is 16.4 Å². The first kappa shape index (κ1) is 18.9. The molecule has 1 unspecified atom stereocenters. The van der Waals surface area contributed by atoms with Crippen LogP contribution in [0.2, 0.25) is 0 Å². The lowest BCUT2D eigenvalue weighted by atomic mass is 10.1. The van der Waals surface area contributed by atoms with E-state index in [4.69, 9.17) is 5.73 Å². The van der Waals surface area contributed by atoms with Gasteiger partial charge in [0.05, 0.1) is 4.92 Å². The molecule has 1 atom stereocenters. The van der Waals surface area contributed by atoms with E-state index in [0.29, 0.717) is 5.69 Å². The molecular weight excluding hydrogens is 356 g/mol. The second kappa shape index (κ2) is 8.22. The van der Waals surface area contributed by atoms with Crippen LogP contribution in [0.4, 0.5) is 22.7 Å². The fourth-order valence-corrected chi connectivity index (χ4v) is 2.77. The van der Waals surface area contributed by atoms with Gasteiger partial charge in [-0.15, -0.1) is 0 Å². The normalized spacial score (nSPS) is 11.5. The predicted molar refractivity (Wildman–Crippen MR) is 110 cm³/mol. The van der Waals surface area contributed by atoms with E-state index in [1.807, 2.05) is 30.3 Å². The molecule has 0 aromatic heterocycles. The fourth-order valence-electron chi connectivity index (χ4n) is 2.77. The molecule has 0 heterocycles. The summed E-state index contributed by atoms with van der Waals surface area (Å²) in [5.41, 5.74) is 8.13. The van der Waals surface area contributed by atoms with Crippen molar-refractivity contribution in [2.45, 2.75) is 13.0 Å². The lowest BCUT2D eigenvalue weighted by Gasteiger charge is -2.16. The minimum Gasteiger partial charge on any atom is -0.393 e. The molecule has 0 aliphatic carbocycles. The van der Waals surface area contributed by atoms with E-state index in [0.717, 1.165) is 5.69 Å². The molecule has 3 rings (SSSR count).